The van der Waals surface area contributed by atoms with Crippen LogP contribution in [0.1, 0.15) is 30.4 Å². The molecule has 2 aromatic rings. The van der Waals surface area contributed by atoms with Gasteiger partial charge in [-0.25, -0.2) is 4.98 Å². The second-order valence-electron chi connectivity index (χ2n) is 5.16. The van der Waals surface area contributed by atoms with E-state index in [-0.39, 0.29) is 0 Å². The minimum absolute atomic E-state index is 0.815. The molecule has 0 fully saturated rings. The van der Waals surface area contributed by atoms with Crippen LogP contribution < -0.4 is 0 Å². The maximum Gasteiger partial charge on any atom is 0.0945 e. The van der Waals surface area contributed by atoms with Gasteiger partial charge in [0.2, 0.25) is 0 Å². The molecule has 0 bridgehead atoms. The van der Waals surface area contributed by atoms with Crippen LogP contribution >= 0.6 is 12.6 Å². The Morgan fingerprint density at radius 2 is 1.95 bits per heavy atom. The SMILES string of the molecule is SC1=NN=C(c2ccc(CCCn3ccnc3)cc2)CC1. The number of nitrogens with zero attached hydrogens (tertiary/aromatic N) is 4. The third-order valence-corrected chi connectivity index (χ3v) is 3.91. The Bertz CT molecular complexity index is 641. The summed E-state index contributed by atoms with van der Waals surface area (Å²) in [7, 11) is 0. The first-order valence-electron chi connectivity index (χ1n) is 7.19. The number of aryl methyl sites for hydroxylation is 2. The van der Waals surface area contributed by atoms with Crippen molar-refractivity contribution in [1.29, 1.82) is 0 Å². The van der Waals surface area contributed by atoms with Gasteiger partial charge in [0.15, 0.2) is 0 Å². The molecule has 0 atom stereocenters. The molecule has 0 unspecified atom stereocenters. The van der Waals surface area contributed by atoms with Gasteiger partial charge in [-0.2, -0.15) is 5.10 Å². The highest BCUT2D eigenvalue weighted by molar-refractivity contribution is 7.97. The number of hydrogen-bond acceptors (Lipinski definition) is 3. The predicted octanol–water partition coefficient (Wildman–Crippen LogP) is 3.34. The van der Waals surface area contributed by atoms with Crippen molar-refractivity contribution in [2.45, 2.75) is 32.2 Å². The van der Waals surface area contributed by atoms with Crippen molar-refractivity contribution in [2.75, 3.05) is 0 Å². The van der Waals surface area contributed by atoms with Crippen LogP contribution in [0, 0.1) is 0 Å². The first-order chi connectivity index (χ1) is 10.3. The molecule has 0 amide bonds. The van der Waals surface area contributed by atoms with Gasteiger partial charge in [-0.05, 0) is 30.4 Å². The average Bonchev–Trinajstić information content (AvgIpc) is 3.02. The van der Waals surface area contributed by atoms with E-state index in [1.807, 2.05) is 18.7 Å². The fraction of sp³-hybridized carbons (Fsp3) is 0.312. The zero-order chi connectivity index (χ0) is 14.5. The van der Waals surface area contributed by atoms with Crippen LogP contribution in [0.4, 0.5) is 0 Å². The van der Waals surface area contributed by atoms with Crippen LogP contribution in [-0.2, 0) is 13.0 Å². The molecular weight excluding hydrogens is 280 g/mol. The van der Waals surface area contributed by atoms with E-state index in [0.29, 0.717) is 0 Å². The Morgan fingerprint density at radius 1 is 1.10 bits per heavy atom. The minimum atomic E-state index is 0.815. The van der Waals surface area contributed by atoms with Crippen molar-refractivity contribution in [1.82, 2.24) is 9.55 Å². The Morgan fingerprint density at radius 3 is 2.62 bits per heavy atom. The molecule has 0 saturated carbocycles. The molecule has 1 aromatic heterocycles. The monoisotopic (exact) mass is 298 g/mol. The molecule has 3 rings (SSSR count). The van der Waals surface area contributed by atoms with Gasteiger partial charge >= 0.3 is 0 Å². The summed E-state index contributed by atoms with van der Waals surface area (Å²) >= 11 is 4.23. The number of aromatic nitrogens is 2. The average molecular weight is 298 g/mol. The highest BCUT2D eigenvalue weighted by Crippen LogP contribution is 2.15. The molecule has 0 saturated heterocycles. The lowest BCUT2D eigenvalue weighted by atomic mass is 10.0. The van der Waals surface area contributed by atoms with Crippen molar-refractivity contribution in [2.24, 2.45) is 10.2 Å². The van der Waals surface area contributed by atoms with Gasteiger partial charge in [0.05, 0.1) is 17.1 Å². The molecule has 0 spiro atoms. The zero-order valence-electron chi connectivity index (χ0n) is 11.8. The normalized spacial score (nSPS) is 14.7. The Balaban J connectivity index is 1.57. The molecule has 1 aliphatic rings. The number of imidazole rings is 1. The highest BCUT2D eigenvalue weighted by Gasteiger charge is 2.09. The molecule has 108 valence electrons. The van der Waals surface area contributed by atoms with Crippen LogP contribution in [0.3, 0.4) is 0 Å². The van der Waals surface area contributed by atoms with Gasteiger partial charge in [0.25, 0.3) is 0 Å². The van der Waals surface area contributed by atoms with E-state index in [0.717, 1.165) is 48.5 Å². The molecular formula is C16H18N4S. The van der Waals surface area contributed by atoms with Crippen molar-refractivity contribution in [3.63, 3.8) is 0 Å². The summed E-state index contributed by atoms with van der Waals surface area (Å²) in [4.78, 5) is 4.05. The third kappa shape index (κ3) is 3.82. The standard InChI is InChI=1S/C16H18N4S/c21-16-8-7-15(18-19-16)14-5-3-13(4-6-14)2-1-10-20-11-9-17-12-20/h3-6,9,11-12H,1-2,7-8,10H2,(H,19,21). The van der Waals surface area contributed by atoms with E-state index in [9.17, 15) is 0 Å². The van der Waals surface area contributed by atoms with Crippen LogP contribution in [-0.4, -0.2) is 20.3 Å². The first kappa shape index (κ1) is 14.1. The van der Waals surface area contributed by atoms with E-state index in [1.165, 1.54) is 5.56 Å². The maximum absolute atomic E-state index is 4.23. The number of benzene rings is 1. The summed E-state index contributed by atoms with van der Waals surface area (Å²) in [6.07, 6.45) is 9.67. The number of hydrogen-bond donors (Lipinski definition) is 1. The largest absolute Gasteiger partial charge is 0.337 e. The van der Waals surface area contributed by atoms with E-state index in [2.05, 4.69) is 56.6 Å². The van der Waals surface area contributed by atoms with Gasteiger partial charge in [0, 0.05) is 25.4 Å². The van der Waals surface area contributed by atoms with Crippen LogP contribution in [0.2, 0.25) is 0 Å². The molecule has 1 aliphatic heterocycles. The van der Waals surface area contributed by atoms with Crippen molar-refractivity contribution in [3.05, 3.63) is 54.1 Å². The molecule has 1 aromatic carbocycles. The molecule has 21 heavy (non-hydrogen) atoms. The summed E-state index contributed by atoms with van der Waals surface area (Å²) in [5.74, 6) is 0. The van der Waals surface area contributed by atoms with Crippen molar-refractivity contribution in [3.8, 4) is 0 Å². The lowest BCUT2D eigenvalue weighted by Gasteiger charge is -2.10. The van der Waals surface area contributed by atoms with Gasteiger partial charge < -0.3 is 4.57 Å². The topological polar surface area (TPSA) is 42.5 Å². The molecule has 0 aliphatic carbocycles. The summed E-state index contributed by atoms with van der Waals surface area (Å²) in [5, 5.41) is 9.09. The minimum Gasteiger partial charge on any atom is -0.337 e. The second-order valence-corrected chi connectivity index (χ2v) is 5.68. The van der Waals surface area contributed by atoms with Gasteiger partial charge in [-0.3, -0.25) is 0 Å². The van der Waals surface area contributed by atoms with Crippen LogP contribution in [0.25, 0.3) is 0 Å². The van der Waals surface area contributed by atoms with Crippen molar-refractivity contribution >= 4 is 23.4 Å². The van der Waals surface area contributed by atoms with E-state index in [1.54, 1.807) is 0 Å². The Hall–Kier alpha value is -1.88. The summed E-state index contributed by atoms with van der Waals surface area (Å²) in [6.45, 7) is 1.01. The van der Waals surface area contributed by atoms with Gasteiger partial charge in [-0.1, -0.05) is 24.3 Å². The fourth-order valence-electron chi connectivity index (χ4n) is 2.40. The maximum atomic E-state index is 4.23. The molecule has 0 radical (unpaired) electrons. The smallest absolute Gasteiger partial charge is 0.0945 e. The third-order valence-electron chi connectivity index (χ3n) is 3.60. The van der Waals surface area contributed by atoms with E-state index < -0.39 is 0 Å². The molecule has 2 heterocycles. The van der Waals surface area contributed by atoms with Gasteiger partial charge in [-0.15, -0.1) is 17.7 Å². The predicted molar refractivity (Wildman–Crippen MR) is 89.2 cm³/mol. The molecule has 0 N–H and O–H groups in total. The highest BCUT2D eigenvalue weighted by atomic mass is 32.1. The van der Waals surface area contributed by atoms with Gasteiger partial charge in [0.1, 0.15) is 0 Å². The summed E-state index contributed by atoms with van der Waals surface area (Å²) in [6, 6.07) is 8.66. The quantitative estimate of drug-likeness (QED) is 0.845. The Labute approximate surface area is 130 Å². The summed E-state index contributed by atoms with van der Waals surface area (Å²) in [5.41, 5.74) is 3.57. The van der Waals surface area contributed by atoms with E-state index >= 15 is 0 Å². The van der Waals surface area contributed by atoms with Crippen molar-refractivity contribution < 1.29 is 0 Å². The zero-order valence-corrected chi connectivity index (χ0v) is 12.7. The van der Waals surface area contributed by atoms with Crippen LogP contribution in [0.15, 0.2) is 53.2 Å². The van der Waals surface area contributed by atoms with Crippen LogP contribution in [0.5, 0.6) is 0 Å². The van der Waals surface area contributed by atoms with E-state index in [4.69, 9.17) is 0 Å². The summed E-state index contributed by atoms with van der Waals surface area (Å²) < 4.78 is 2.11. The number of thiol groups is 1. The molecule has 4 nitrogen and oxygen atoms in total. The first-order valence-corrected chi connectivity index (χ1v) is 7.63. The second kappa shape index (κ2) is 6.72. The fourth-order valence-corrected chi connectivity index (χ4v) is 2.56. The molecule has 5 heteroatoms. The lowest BCUT2D eigenvalue weighted by Crippen LogP contribution is -2.07. The number of rotatable bonds is 5. The lowest BCUT2D eigenvalue weighted by molar-refractivity contribution is 0.642. The Kier molecular flexibility index (Phi) is 4.50.